The van der Waals surface area contributed by atoms with Crippen LogP contribution < -0.4 is 4.90 Å². The van der Waals surface area contributed by atoms with E-state index in [9.17, 15) is 9.59 Å². The molecule has 2 aromatic rings. The van der Waals surface area contributed by atoms with Gasteiger partial charge in [-0.3, -0.25) is 14.5 Å². The lowest BCUT2D eigenvalue weighted by molar-refractivity contribution is -0.138. The van der Waals surface area contributed by atoms with Crippen LogP contribution in [-0.4, -0.2) is 33.1 Å². The Morgan fingerprint density at radius 2 is 2.04 bits per heavy atom. The molecule has 0 aliphatic carbocycles. The van der Waals surface area contributed by atoms with Crippen LogP contribution in [0.4, 0.5) is 5.69 Å². The SMILES string of the molecule is C/C(=N\N=C1\S[C@@H](CC(=O)O)C(=O)N1c1ccc(C)cc1)c1ccco1. The second-order valence-corrected chi connectivity index (χ2v) is 6.93. The summed E-state index contributed by atoms with van der Waals surface area (Å²) in [5.41, 5.74) is 2.24. The number of amides is 1. The number of anilines is 1. The number of rotatable bonds is 5. The molecule has 1 aliphatic rings. The van der Waals surface area contributed by atoms with Gasteiger partial charge in [0.25, 0.3) is 0 Å². The van der Waals surface area contributed by atoms with E-state index in [2.05, 4.69) is 10.2 Å². The standard InChI is InChI=1S/C18H17N3O4S/c1-11-5-7-13(8-6-11)21-17(24)15(10-16(22)23)26-18(21)20-19-12(2)14-4-3-9-25-14/h3-9,15H,10H2,1-2H3,(H,22,23)/b19-12+,20-18+/t15-/m0/s1. The number of carboxylic acids is 1. The number of carbonyl (C=O) groups is 2. The van der Waals surface area contributed by atoms with E-state index in [0.717, 1.165) is 17.3 Å². The van der Waals surface area contributed by atoms with E-state index in [1.165, 1.54) is 11.2 Å². The van der Waals surface area contributed by atoms with Crippen LogP contribution in [0.3, 0.4) is 0 Å². The molecule has 1 aromatic carbocycles. The van der Waals surface area contributed by atoms with Gasteiger partial charge in [-0.1, -0.05) is 29.5 Å². The number of thioether (sulfide) groups is 1. The third-order valence-electron chi connectivity index (χ3n) is 3.75. The molecule has 1 amide bonds. The van der Waals surface area contributed by atoms with E-state index in [4.69, 9.17) is 9.52 Å². The fourth-order valence-corrected chi connectivity index (χ4v) is 3.48. The summed E-state index contributed by atoms with van der Waals surface area (Å²) in [7, 11) is 0. The summed E-state index contributed by atoms with van der Waals surface area (Å²) in [4.78, 5) is 25.2. The molecule has 1 saturated heterocycles. The van der Waals surface area contributed by atoms with Gasteiger partial charge in [-0.15, -0.1) is 10.2 Å². The van der Waals surface area contributed by atoms with E-state index in [1.54, 1.807) is 31.2 Å². The molecule has 134 valence electrons. The number of furan rings is 1. The first kappa shape index (κ1) is 17.9. The highest BCUT2D eigenvalue weighted by Gasteiger charge is 2.40. The Morgan fingerprint density at radius 3 is 2.65 bits per heavy atom. The van der Waals surface area contributed by atoms with E-state index in [1.807, 2.05) is 19.1 Å². The van der Waals surface area contributed by atoms with Crippen molar-refractivity contribution < 1.29 is 19.1 Å². The van der Waals surface area contributed by atoms with Crippen LogP contribution in [0.5, 0.6) is 0 Å². The zero-order valence-corrected chi connectivity index (χ0v) is 15.1. The normalized spacial score (nSPS) is 19.4. The highest BCUT2D eigenvalue weighted by atomic mass is 32.2. The quantitative estimate of drug-likeness (QED) is 0.643. The lowest BCUT2D eigenvalue weighted by atomic mass is 10.2. The van der Waals surface area contributed by atoms with Crippen LogP contribution in [0.15, 0.2) is 57.3 Å². The smallest absolute Gasteiger partial charge is 0.305 e. The van der Waals surface area contributed by atoms with Crippen molar-refractivity contribution in [1.29, 1.82) is 0 Å². The first-order chi connectivity index (χ1) is 12.5. The van der Waals surface area contributed by atoms with Crippen LogP contribution >= 0.6 is 11.8 Å². The van der Waals surface area contributed by atoms with E-state index >= 15 is 0 Å². The molecule has 1 aliphatic heterocycles. The predicted octanol–water partition coefficient (Wildman–Crippen LogP) is 3.29. The minimum absolute atomic E-state index is 0.272. The minimum atomic E-state index is -1.03. The third-order valence-corrected chi connectivity index (χ3v) is 4.88. The third kappa shape index (κ3) is 3.85. The maximum Gasteiger partial charge on any atom is 0.305 e. The van der Waals surface area contributed by atoms with Gasteiger partial charge in [-0.25, -0.2) is 0 Å². The van der Waals surface area contributed by atoms with E-state index in [0.29, 0.717) is 22.3 Å². The molecule has 1 aromatic heterocycles. The number of benzene rings is 1. The lowest BCUT2D eigenvalue weighted by Crippen LogP contribution is -2.32. The Morgan fingerprint density at radius 1 is 1.31 bits per heavy atom. The highest BCUT2D eigenvalue weighted by Crippen LogP contribution is 2.34. The van der Waals surface area contributed by atoms with Gasteiger partial charge in [0, 0.05) is 0 Å². The van der Waals surface area contributed by atoms with Crippen molar-refractivity contribution in [1.82, 2.24) is 0 Å². The van der Waals surface area contributed by atoms with Crippen molar-refractivity contribution in [2.45, 2.75) is 25.5 Å². The number of carboxylic acid groups (broad SMARTS) is 1. The summed E-state index contributed by atoms with van der Waals surface area (Å²) >= 11 is 1.10. The van der Waals surface area contributed by atoms with Gasteiger partial charge in [-0.2, -0.15) is 0 Å². The molecule has 0 spiro atoms. The van der Waals surface area contributed by atoms with Crippen LogP contribution in [0.1, 0.15) is 24.7 Å². The Labute approximate surface area is 154 Å². The molecule has 2 heterocycles. The molecule has 3 rings (SSSR count). The van der Waals surface area contributed by atoms with Crippen LogP contribution in [-0.2, 0) is 9.59 Å². The monoisotopic (exact) mass is 371 g/mol. The Hall–Kier alpha value is -2.87. The zero-order chi connectivity index (χ0) is 18.7. The van der Waals surface area contributed by atoms with Crippen LogP contribution in [0, 0.1) is 6.92 Å². The second kappa shape index (κ2) is 7.57. The maximum absolute atomic E-state index is 12.7. The van der Waals surface area contributed by atoms with Gasteiger partial charge in [0.15, 0.2) is 5.17 Å². The van der Waals surface area contributed by atoms with Crippen LogP contribution in [0.25, 0.3) is 0 Å². The summed E-state index contributed by atoms with van der Waals surface area (Å²) in [6.07, 6.45) is 1.27. The van der Waals surface area contributed by atoms with Crippen molar-refractivity contribution >= 4 is 40.2 Å². The largest absolute Gasteiger partial charge is 0.481 e. The Balaban J connectivity index is 1.95. The minimum Gasteiger partial charge on any atom is -0.481 e. The predicted molar refractivity (Wildman–Crippen MR) is 101 cm³/mol. The molecular formula is C18H17N3O4S. The van der Waals surface area contributed by atoms with E-state index < -0.39 is 11.2 Å². The van der Waals surface area contributed by atoms with Gasteiger partial charge in [0.05, 0.1) is 18.4 Å². The molecule has 0 bridgehead atoms. The summed E-state index contributed by atoms with van der Waals surface area (Å²) in [6, 6.07) is 10.9. The molecule has 0 radical (unpaired) electrons. The number of hydrogen-bond donors (Lipinski definition) is 1. The van der Waals surface area contributed by atoms with E-state index in [-0.39, 0.29) is 12.3 Å². The topological polar surface area (TPSA) is 95.5 Å². The molecule has 1 atom stereocenters. The van der Waals surface area contributed by atoms with Gasteiger partial charge in [0.2, 0.25) is 5.91 Å². The summed E-state index contributed by atoms with van der Waals surface area (Å²) in [5, 5.41) is 17.0. The van der Waals surface area contributed by atoms with Gasteiger partial charge in [0.1, 0.15) is 16.7 Å². The zero-order valence-electron chi connectivity index (χ0n) is 14.2. The summed E-state index contributed by atoms with van der Waals surface area (Å²) < 4.78 is 5.26. The molecule has 26 heavy (non-hydrogen) atoms. The molecule has 8 heteroatoms. The van der Waals surface area contributed by atoms with Crippen molar-refractivity contribution in [2.24, 2.45) is 10.2 Å². The number of aliphatic carboxylic acids is 1. The lowest BCUT2D eigenvalue weighted by Gasteiger charge is -2.15. The molecule has 0 unspecified atom stereocenters. The average molecular weight is 371 g/mol. The average Bonchev–Trinajstić information content (AvgIpc) is 3.23. The van der Waals surface area contributed by atoms with Crippen molar-refractivity contribution in [3.05, 3.63) is 54.0 Å². The number of carbonyl (C=O) groups excluding carboxylic acids is 1. The maximum atomic E-state index is 12.7. The van der Waals surface area contributed by atoms with Gasteiger partial charge >= 0.3 is 5.97 Å². The first-order valence-corrected chi connectivity index (χ1v) is 8.79. The fourth-order valence-electron chi connectivity index (χ4n) is 2.41. The second-order valence-electron chi connectivity index (χ2n) is 5.76. The van der Waals surface area contributed by atoms with Crippen molar-refractivity contribution in [3.63, 3.8) is 0 Å². The van der Waals surface area contributed by atoms with Gasteiger partial charge < -0.3 is 9.52 Å². The fraction of sp³-hybridized carbons (Fsp3) is 0.222. The molecular weight excluding hydrogens is 354 g/mol. The number of hydrogen-bond acceptors (Lipinski definition) is 6. The summed E-state index contributed by atoms with van der Waals surface area (Å²) in [6.45, 7) is 3.69. The van der Waals surface area contributed by atoms with Gasteiger partial charge in [-0.05, 0) is 38.1 Å². The first-order valence-electron chi connectivity index (χ1n) is 7.91. The van der Waals surface area contributed by atoms with Crippen molar-refractivity contribution in [3.8, 4) is 0 Å². The van der Waals surface area contributed by atoms with Crippen molar-refractivity contribution in [2.75, 3.05) is 4.90 Å². The Kier molecular flexibility index (Phi) is 5.22. The number of amidine groups is 1. The number of aryl methyl sites for hydroxylation is 1. The number of nitrogens with zero attached hydrogens (tertiary/aromatic N) is 3. The molecule has 7 nitrogen and oxygen atoms in total. The summed E-state index contributed by atoms with van der Waals surface area (Å²) in [5.74, 6) is -0.769. The highest BCUT2D eigenvalue weighted by molar-refractivity contribution is 8.16. The molecule has 1 N–H and O–H groups in total. The molecule has 0 saturated carbocycles. The van der Waals surface area contributed by atoms with Crippen LogP contribution in [0.2, 0.25) is 0 Å². The Bertz CT molecular complexity index is 872. The molecule has 1 fully saturated rings.